The van der Waals surface area contributed by atoms with Gasteiger partial charge in [0.1, 0.15) is 23.5 Å². The van der Waals surface area contributed by atoms with Crippen molar-refractivity contribution in [2.75, 3.05) is 13.2 Å². The van der Waals surface area contributed by atoms with Crippen LogP contribution < -0.4 is 11.1 Å². The highest BCUT2D eigenvalue weighted by atomic mass is 16.6. The molecule has 8 nitrogen and oxygen atoms in total. The van der Waals surface area contributed by atoms with Crippen LogP contribution in [0.5, 0.6) is 0 Å². The van der Waals surface area contributed by atoms with Crippen LogP contribution in [0.4, 0.5) is 0 Å². The predicted octanol–water partition coefficient (Wildman–Crippen LogP) is 2.57. The van der Waals surface area contributed by atoms with Crippen molar-refractivity contribution >= 4 is 11.9 Å². The van der Waals surface area contributed by atoms with Crippen molar-refractivity contribution < 1.29 is 34.2 Å². The van der Waals surface area contributed by atoms with Gasteiger partial charge in [0.05, 0.1) is 18.6 Å². The Hall–Kier alpha value is -1.48. The summed E-state index contributed by atoms with van der Waals surface area (Å²) >= 11 is 0. The Morgan fingerprint density at radius 1 is 1.18 bits per heavy atom. The average Bonchev–Trinajstić information content (AvgIpc) is 3.26. The maximum Gasteiger partial charge on any atom is 0.334 e. The molecule has 2 aliphatic carbocycles. The zero-order valence-corrected chi connectivity index (χ0v) is 23.5. The van der Waals surface area contributed by atoms with Crippen molar-refractivity contribution in [1.82, 2.24) is 0 Å². The molecule has 0 radical (unpaired) electrons. The molecule has 3 heterocycles. The molecule has 3 aliphatic heterocycles. The molecule has 10 atom stereocenters. The Balaban J connectivity index is 1.43. The van der Waals surface area contributed by atoms with E-state index in [-0.39, 0.29) is 48.8 Å². The molecule has 10 unspecified atom stereocenters. The number of quaternary nitrogens is 1. The van der Waals surface area contributed by atoms with Gasteiger partial charge in [-0.2, -0.15) is 0 Å². The second-order valence-electron chi connectivity index (χ2n) is 13.1. The number of allylic oxidation sites excluding steroid dienone is 1. The van der Waals surface area contributed by atoms with Crippen molar-refractivity contribution in [3.8, 4) is 0 Å². The van der Waals surface area contributed by atoms with E-state index in [2.05, 4.69) is 12.2 Å². The number of aliphatic hydroxyl groups excluding tert-OH is 1. The van der Waals surface area contributed by atoms with Gasteiger partial charge in [0.25, 0.3) is 0 Å². The summed E-state index contributed by atoms with van der Waals surface area (Å²) in [6, 6.07) is 0. The molecule has 5 aliphatic rings. The Bertz CT molecular complexity index is 924. The molecule has 5 fully saturated rings. The summed E-state index contributed by atoms with van der Waals surface area (Å²) in [4.78, 5) is 25.9. The van der Waals surface area contributed by atoms with E-state index in [1.54, 1.807) is 0 Å². The summed E-state index contributed by atoms with van der Waals surface area (Å²) < 4.78 is 19.7. The van der Waals surface area contributed by atoms with Gasteiger partial charge in [-0.15, -0.1) is 0 Å². The zero-order chi connectivity index (χ0) is 27.1. The topological polar surface area (TPSA) is 125 Å². The third-order valence-electron chi connectivity index (χ3n) is 10.8. The molecule has 1 spiro atoms. The molecule has 0 amide bonds. The number of hydrogen-bond acceptors (Lipinski definition) is 7. The first-order chi connectivity index (χ1) is 18.2. The Labute approximate surface area is 227 Å². The van der Waals surface area contributed by atoms with Gasteiger partial charge in [0.2, 0.25) is 0 Å². The van der Waals surface area contributed by atoms with Crippen LogP contribution in [0.1, 0.15) is 91.4 Å². The van der Waals surface area contributed by atoms with Crippen LogP contribution in [0.25, 0.3) is 0 Å². The van der Waals surface area contributed by atoms with Crippen LogP contribution in [-0.4, -0.2) is 59.8 Å². The van der Waals surface area contributed by atoms with Gasteiger partial charge in [0, 0.05) is 25.0 Å². The highest BCUT2D eigenvalue weighted by Crippen LogP contribution is 2.60. The largest absolute Gasteiger partial charge is 0.462 e. The minimum absolute atomic E-state index is 0.00306. The van der Waals surface area contributed by atoms with Crippen LogP contribution in [0.3, 0.4) is 0 Å². The third-order valence-corrected chi connectivity index (χ3v) is 10.8. The lowest BCUT2D eigenvalue weighted by Gasteiger charge is -2.55. The number of piperidine rings is 1. The number of ether oxygens (including phenoxy) is 3. The summed E-state index contributed by atoms with van der Waals surface area (Å²) in [5.41, 5.74) is 5.78. The summed E-state index contributed by atoms with van der Waals surface area (Å²) in [5.74, 6) is 0.929. The first-order valence-electron chi connectivity index (χ1n) is 15.1. The molecular formula is C30H49N2O6+. The monoisotopic (exact) mass is 533 g/mol. The molecule has 8 heteroatoms. The van der Waals surface area contributed by atoms with Crippen molar-refractivity contribution in [2.45, 2.75) is 121 Å². The molecule has 2 saturated carbocycles. The van der Waals surface area contributed by atoms with E-state index in [1.807, 2.05) is 19.9 Å². The van der Waals surface area contributed by atoms with Crippen molar-refractivity contribution in [2.24, 2.45) is 35.3 Å². The Kier molecular flexibility index (Phi) is 8.26. The summed E-state index contributed by atoms with van der Waals surface area (Å²) in [6.45, 7) is 6.93. The summed E-state index contributed by atoms with van der Waals surface area (Å²) in [7, 11) is 0. The maximum absolute atomic E-state index is 13.2. The molecule has 0 aromatic rings. The zero-order valence-electron chi connectivity index (χ0n) is 23.5. The molecule has 214 valence electrons. The lowest BCUT2D eigenvalue weighted by Crippen LogP contribution is -2.95. The van der Waals surface area contributed by atoms with E-state index in [9.17, 15) is 14.7 Å². The number of carbonyl (C=O) groups excluding carboxylic acids is 2. The van der Waals surface area contributed by atoms with E-state index in [4.69, 9.17) is 19.9 Å². The molecule has 0 aromatic carbocycles. The maximum atomic E-state index is 13.2. The van der Waals surface area contributed by atoms with Gasteiger partial charge in [-0.25, -0.2) is 4.79 Å². The minimum Gasteiger partial charge on any atom is -0.462 e. The number of aliphatic hydroxyl groups is 1. The number of fused-ring (bicyclic) bond motifs is 2. The summed E-state index contributed by atoms with van der Waals surface area (Å²) in [6.07, 6.45) is 11.5. The van der Waals surface area contributed by atoms with Gasteiger partial charge in [-0.3, -0.25) is 10.5 Å². The SMILES string of the molecule is CC=C(C)C(=O)OC1(C)CCCC(C2CC[NH2+]C(N)C2)C12CC1CC3CC(CCCO)C(=O)OC3CC1O2. The van der Waals surface area contributed by atoms with Crippen LogP contribution >= 0.6 is 0 Å². The number of rotatable bonds is 6. The fourth-order valence-electron chi connectivity index (χ4n) is 8.73. The number of nitrogens with two attached hydrogens (primary N) is 2. The highest BCUT2D eigenvalue weighted by molar-refractivity contribution is 5.88. The predicted molar refractivity (Wildman–Crippen MR) is 142 cm³/mol. The van der Waals surface area contributed by atoms with Crippen LogP contribution in [0.2, 0.25) is 0 Å². The number of esters is 2. The second-order valence-corrected chi connectivity index (χ2v) is 13.1. The van der Waals surface area contributed by atoms with Crippen LogP contribution in [0.15, 0.2) is 11.6 Å². The second kappa shape index (κ2) is 11.2. The summed E-state index contributed by atoms with van der Waals surface area (Å²) in [5, 5.41) is 11.5. The van der Waals surface area contributed by atoms with Crippen molar-refractivity contribution in [3.05, 3.63) is 11.6 Å². The van der Waals surface area contributed by atoms with Gasteiger partial charge in [-0.1, -0.05) is 6.08 Å². The quantitative estimate of drug-likeness (QED) is 0.354. The molecule has 5 N–H and O–H groups in total. The van der Waals surface area contributed by atoms with Crippen LogP contribution in [-0.2, 0) is 23.8 Å². The third kappa shape index (κ3) is 5.06. The van der Waals surface area contributed by atoms with Gasteiger partial charge >= 0.3 is 11.9 Å². The highest BCUT2D eigenvalue weighted by Gasteiger charge is 2.66. The molecule has 5 rings (SSSR count). The number of carbonyl (C=O) groups is 2. The fraction of sp³-hybridized carbons (Fsp3) is 0.867. The fourth-order valence-corrected chi connectivity index (χ4v) is 8.73. The first kappa shape index (κ1) is 28.1. The van der Waals surface area contributed by atoms with Gasteiger partial charge < -0.3 is 24.6 Å². The van der Waals surface area contributed by atoms with Crippen molar-refractivity contribution in [1.29, 1.82) is 0 Å². The lowest BCUT2D eigenvalue weighted by atomic mass is 9.58. The van der Waals surface area contributed by atoms with E-state index in [0.717, 1.165) is 64.3 Å². The van der Waals surface area contributed by atoms with Crippen molar-refractivity contribution in [3.63, 3.8) is 0 Å². The normalized spacial score (nSPS) is 45.3. The smallest absolute Gasteiger partial charge is 0.334 e. The Morgan fingerprint density at radius 2 is 2.00 bits per heavy atom. The van der Waals surface area contributed by atoms with E-state index in [1.165, 1.54) is 0 Å². The van der Waals surface area contributed by atoms with Crippen LogP contribution in [0, 0.1) is 29.6 Å². The standard InChI is InChI=1S/C30H48N2O6/c1-4-18(2)27(34)38-29(3)10-5-8-23(19-9-11-32-26(31)15-19)30(29)17-22-14-21-13-20(7-6-12-33)28(35)36-24(21)16-25(22)37-30/h4,19-26,32-33H,5-17,31H2,1-3H3/p+1. The lowest BCUT2D eigenvalue weighted by molar-refractivity contribution is -0.700. The molecule has 3 saturated heterocycles. The minimum atomic E-state index is -0.717. The molecule has 0 aromatic heterocycles. The van der Waals surface area contributed by atoms with E-state index >= 15 is 0 Å². The molecule has 0 bridgehead atoms. The van der Waals surface area contributed by atoms with E-state index < -0.39 is 11.2 Å². The molecular weight excluding hydrogens is 484 g/mol. The van der Waals surface area contributed by atoms with Gasteiger partial charge in [-0.05, 0) is 102 Å². The molecule has 38 heavy (non-hydrogen) atoms. The Morgan fingerprint density at radius 3 is 2.74 bits per heavy atom. The average molecular weight is 534 g/mol. The number of hydrogen-bond donors (Lipinski definition) is 3. The first-order valence-corrected chi connectivity index (χ1v) is 15.1. The van der Waals surface area contributed by atoms with Gasteiger partial charge in [0.15, 0.2) is 0 Å². The van der Waals surface area contributed by atoms with E-state index in [0.29, 0.717) is 36.2 Å².